The minimum absolute atomic E-state index is 0.0279. The molecule has 3 N–H and O–H groups in total. The van der Waals surface area contributed by atoms with Crippen LogP contribution in [0.1, 0.15) is 18.1 Å². The first-order valence-electron chi connectivity index (χ1n) is 5.85. The summed E-state index contributed by atoms with van der Waals surface area (Å²) in [7, 11) is -3.21. The van der Waals surface area contributed by atoms with Crippen molar-refractivity contribution in [3.05, 3.63) is 29.3 Å². The molecule has 21 heavy (non-hydrogen) atoms. The second-order valence-electron chi connectivity index (χ2n) is 4.76. The van der Waals surface area contributed by atoms with Crippen molar-refractivity contribution in [3.8, 4) is 0 Å². The molecule has 1 aromatic rings. The van der Waals surface area contributed by atoms with E-state index >= 15 is 0 Å². The van der Waals surface area contributed by atoms with E-state index < -0.39 is 27.6 Å². The molecular weight excluding hydrogens is 325 g/mol. The lowest BCUT2D eigenvalue weighted by Gasteiger charge is -2.18. The molecule has 1 rings (SSSR count). The Morgan fingerprint density at radius 3 is 2.43 bits per heavy atom. The van der Waals surface area contributed by atoms with Crippen LogP contribution in [0.3, 0.4) is 0 Å². The Bertz CT molecular complexity index is 642. The molecule has 0 aliphatic rings. The van der Waals surface area contributed by atoms with Crippen molar-refractivity contribution in [2.45, 2.75) is 19.1 Å². The maximum atomic E-state index is 12.7. The predicted molar refractivity (Wildman–Crippen MR) is 80.1 cm³/mol. The highest BCUT2D eigenvalue weighted by Crippen LogP contribution is 2.32. The Morgan fingerprint density at radius 2 is 2.00 bits per heavy atom. The molecule has 0 saturated heterocycles. The number of halogens is 3. The molecule has 0 aliphatic carbocycles. The van der Waals surface area contributed by atoms with E-state index in [0.29, 0.717) is 0 Å². The van der Waals surface area contributed by atoms with Crippen LogP contribution in [0.4, 0.5) is 18.9 Å². The van der Waals surface area contributed by atoms with Gasteiger partial charge in [-0.1, -0.05) is 12.2 Å². The highest BCUT2D eigenvalue weighted by Gasteiger charge is 2.31. The van der Waals surface area contributed by atoms with E-state index in [-0.39, 0.29) is 22.0 Å². The molecule has 1 unspecified atom stereocenters. The third-order valence-electron chi connectivity index (χ3n) is 2.57. The number of hydrogen-bond donors (Lipinski definition) is 2. The van der Waals surface area contributed by atoms with Crippen LogP contribution >= 0.6 is 12.2 Å². The minimum atomic E-state index is -4.50. The largest absolute Gasteiger partial charge is 0.416 e. The van der Waals surface area contributed by atoms with Crippen molar-refractivity contribution in [3.63, 3.8) is 0 Å². The summed E-state index contributed by atoms with van der Waals surface area (Å²) in [6, 6.07) is 2.43. The van der Waals surface area contributed by atoms with Gasteiger partial charge in [-0.2, -0.15) is 13.2 Å². The number of hydrogen-bond acceptors (Lipinski definition) is 4. The normalized spacial score (nSPS) is 13.8. The van der Waals surface area contributed by atoms with Crippen molar-refractivity contribution in [2.75, 3.05) is 17.3 Å². The van der Waals surface area contributed by atoms with Crippen molar-refractivity contribution >= 4 is 32.7 Å². The van der Waals surface area contributed by atoms with Gasteiger partial charge in [0.2, 0.25) is 0 Å². The number of anilines is 1. The van der Waals surface area contributed by atoms with Gasteiger partial charge in [0, 0.05) is 23.5 Å². The SMILES string of the molecule is CC(CS(C)(=O)=O)Nc1ccc(C(F)(F)F)cc1C(N)=S. The third-order valence-corrected chi connectivity index (χ3v) is 3.89. The number of alkyl halides is 3. The molecule has 0 saturated carbocycles. The summed E-state index contributed by atoms with van der Waals surface area (Å²) in [5.74, 6) is -0.162. The fraction of sp³-hybridized carbons (Fsp3) is 0.417. The van der Waals surface area contributed by atoms with Crippen LogP contribution in [0.2, 0.25) is 0 Å². The highest BCUT2D eigenvalue weighted by molar-refractivity contribution is 7.90. The molecule has 4 nitrogen and oxygen atoms in total. The summed E-state index contributed by atoms with van der Waals surface area (Å²) in [6.45, 7) is 1.60. The van der Waals surface area contributed by atoms with Crippen LogP contribution in [-0.2, 0) is 16.0 Å². The molecule has 0 spiro atoms. The van der Waals surface area contributed by atoms with Gasteiger partial charge in [-0.05, 0) is 25.1 Å². The first-order valence-corrected chi connectivity index (χ1v) is 8.32. The van der Waals surface area contributed by atoms with Crippen molar-refractivity contribution in [1.82, 2.24) is 0 Å². The van der Waals surface area contributed by atoms with Gasteiger partial charge >= 0.3 is 6.18 Å². The summed E-state index contributed by atoms with van der Waals surface area (Å²) in [5, 5.41) is 2.81. The Morgan fingerprint density at radius 1 is 1.43 bits per heavy atom. The van der Waals surface area contributed by atoms with Crippen molar-refractivity contribution in [2.24, 2.45) is 5.73 Å². The van der Waals surface area contributed by atoms with E-state index in [0.717, 1.165) is 18.4 Å². The summed E-state index contributed by atoms with van der Waals surface area (Å²) >= 11 is 4.75. The molecule has 0 heterocycles. The topological polar surface area (TPSA) is 72.2 Å². The zero-order valence-electron chi connectivity index (χ0n) is 11.4. The molecule has 1 aromatic carbocycles. The van der Waals surface area contributed by atoms with Gasteiger partial charge in [-0.15, -0.1) is 0 Å². The second-order valence-corrected chi connectivity index (χ2v) is 7.38. The van der Waals surface area contributed by atoms with Crippen molar-refractivity contribution < 1.29 is 21.6 Å². The lowest BCUT2D eigenvalue weighted by atomic mass is 10.1. The average Bonchev–Trinajstić information content (AvgIpc) is 2.24. The zero-order chi connectivity index (χ0) is 16.4. The van der Waals surface area contributed by atoms with Gasteiger partial charge in [0.25, 0.3) is 0 Å². The standard InChI is InChI=1S/C12H15F3N2O2S2/c1-7(6-21(2,18)19)17-10-4-3-8(12(13,14)15)5-9(10)11(16)20/h3-5,7,17H,6H2,1-2H3,(H2,16,20). The third kappa shape index (κ3) is 5.50. The fourth-order valence-electron chi connectivity index (χ4n) is 1.81. The minimum Gasteiger partial charge on any atom is -0.389 e. The molecule has 118 valence electrons. The molecule has 1 atom stereocenters. The number of sulfone groups is 1. The van der Waals surface area contributed by atoms with Gasteiger partial charge in [0.1, 0.15) is 14.8 Å². The van der Waals surface area contributed by atoms with Crippen LogP contribution < -0.4 is 11.1 Å². The summed E-state index contributed by atoms with van der Waals surface area (Å²) < 4.78 is 60.4. The lowest BCUT2D eigenvalue weighted by molar-refractivity contribution is -0.137. The quantitative estimate of drug-likeness (QED) is 0.804. The summed E-state index contributed by atoms with van der Waals surface area (Å²) in [6.07, 6.45) is -3.43. The Balaban J connectivity index is 3.11. The molecule has 0 radical (unpaired) electrons. The van der Waals surface area contributed by atoms with E-state index in [1.165, 1.54) is 6.07 Å². The van der Waals surface area contributed by atoms with Crippen molar-refractivity contribution in [1.29, 1.82) is 0 Å². The van der Waals surface area contributed by atoms with Crippen LogP contribution in [0.25, 0.3) is 0 Å². The number of nitrogens with one attached hydrogen (secondary N) is 1. The highest BCUT2D eigenvalue weighted by atomic mass is 32.2. The van der Waals surface area contributed by atoms with E-state index in [1.54, 1.807) is 6.92 Å². The van der Waals surface area contributed by atoms with E-state index in [2.05, 4.69) is 5.32 Å². The number of nitrogens with two attached hydrogens (primary N) is 1. The molecular formula is C12H15F3N2O2S2. The molecule has 0 bridgehead atoms. The van der Waals surface area contributed by atoms with Crippen LogP contribution in [0.5, 0.6) is 0 Å². The maximum Gasteiger partial charge on any atom is 0.416 e. The van der Waals surface area contributed by atoms with Crippen LogP contribution in [0.15, 0.2) is 18.2 Å². The molecule has 0 aromatic heterocycles. The van der Waals surface area contributed by atoms with Crippen LogP contribution in [-0.4, -0.2) is 31.5 Å². The monoisotopic (exact) mass is 340 g/mol. The molecule has 0 amide bonds. The molecule has 0 fully saturated rings. The van der Waals surface area contributed by atoms with Gasteiger partial charge < -0.3 is 11.1 Å². The number of thiocarbonyl (C=S) groups is 1. The summed E-state index contributed by atoms with van der Waals surface area (Å²) in [5.41, 5.74) is 4.86. The van der Waals surface area contributed by atoms with Gasteiger partial charge in [-0.25, -0.2) is 8.42 Å². The smallest absolute Gasteiger partial charge is 0.389 e. The van der Waals surface area contributed by atoms with Crippen LogP contribution in [0, 0.1) is 0 Å². The molecule has 9 heteroatoms. The molecule has 0 aliphatic heterocycles. The zero-order valence-corrected chi connectivity index (χ0v) is 13.0. The summed E-state index contributed by atoms with van der Waals surface area (Å²) in [4.78, 5) is -0.199. The Labute approximate surface area is 126 Å². The average molecular weight is 340 g/mol. The predicted octanol–water partition coefficient (Wildman–Crippen LogP) is 2.18. The second kappa shape index (κ2) is 6.18. The first-order chi connectivity index (χ1) is 9.40. The Kier molecular flexibility index (Phi) is 5.21. The Hall–Kier alpha value is -1.35. The van der Waals surface area contributed by atoms with E-state index in [1.807, 2.05) is 0 Å². The van der Waals surface area contributed by atoms with Gasteiger partial charge in [0.05, 0.1) is 11.3 Å². The van der Waals surface area contributed by atoms with Gasteiger partial charge in [-0.3, -0.25) is 0 Å². The number of benzene rings is 1. The van der Waals surface area contributed by atoms with E-state index in [9.17, 15) is 21.6 Å². The fourth-order valence-corrected chi connectivity index (χ4v) is 2.97. The van der Waals surface area contributed by atoms with E-state index in [4.69, 9.17) is 18.0 Å². The maximum absolute atomic E-state index is 12.7. The van der Waals surface area contributed by atoms with Gasteiger partial charge in [0.15, 0.2) is 0 Å². The lowest BCUT2D eigenvalue weighted by Crippen LogP contribution is -2.26. The first kappa shape index (κ1) is 17.7. The number of rotatable bonds is 5.